The number of aryl methyl sites for hydroxylation is 3. The van der Waals surface area contributed by atoms with Crippen LogP contribution in [0.3, 0.4) is 0 Å². The van der Waals surface area contributed by atoms with Crippen LogP contribution in [0.1, 0.15) is 29.5 Å². The zero-order valence-corrected chi connectivity index (χ0v) is 15.2. The highest BCUT2D eigenvalue weighted by atomic mass is 32.2. The smallest absolute Gasteiger partial charge is 0.262 e. The highest BCUT2D eigenvalue weighted by Gasteiger charge is 2.20. The third-order valence-electron chi connectivity index (χ3n) is 4.30. The van der Waals surface area contributed by atoms with E-state index in [1.807, 2.05) is 39.0 Å². The number of pyridine rings is 1. The molecular formula is C18H23N3O2S. The molecule has 1 aliphatic heterocycles. The number of nitrogens with zero attached hydrogens (tertiary/aromatic N) is 2. The maximum absolute atomic E-state index is 12.7. The van der Waals surface area contributed by atoms with Crippen molar-refractivity contribution in [2.45, 2.75) is 38.5 Å². The van der Waals surface area contributed by atoms with E-state index in [-0.39, 0.29) is 0 Å². The zero-order chi connectivity index (χ0) is 17.3. The lowest BCUT2D eigenvalue weighted by Crippen LogP contribution is -2.19. The Balaban J connectivity index is 1.84. The van der Waals surface area contributed by atoms with E-state index >= 15 is 0 Å². The molecule has 1 saturated heterocycles. The lowest BCUT2D eigenvalue weighted by molar-refractivity contribution is 0.600. The Morgan fingerprint density at radius 2 is 1.67 bits per heavy atom. The minimum absolute atomic E-state index is 0.344. The average molecular weight is 345 g/mol. The van der Waals surface area contributed by atoms with E-state index in [1.54, 1.807) is 12.3 Å². The van der Waals surface area contributed by atoms with Crippen LogP contribution >= 0.6 is 0 Å². The molecule has 1 aromatic heterocycles. The zero-order valence-electron chi connectivity index (χ0n) is 14.3. The third-order valence-corrected chi connectivity index (χ3v) is 5.99. The minimum atomic E-state index is -3.63. The van der Waals surface area contributed by atoms with Gasteiger partial charge in [-0.15, -0.1) is 0 Å². The molecule has 0 saturated carbocycles. The van der Waals surface area contributed by atoms with Gasteiger partial charge in [-0.1, -0.05) is 17.7 Å². The Kier molecular flexibility index (Phi) is 4.49. The Morgan fingerprint density at radius 1 is 1.04 bits per heavy atom. The maximum atomic E-state index is 12.7. The van der Waals surface area contributed by atoms with Crippen LogP contribution in [0.2, 0.25) is 0 Å². The molecule has 0 atom stereocenters. The van der Waals surface area contributed by atoms with Crippen LogP contribution < -0.4 is 9.62 Å². The van der Waals surface area contributed by atoms with Gasteiger partial charge >= 0.3 is 0 Å². The van der Waals surface area contributed by atoms with Crippen molar-refractivity contribution in [2.75, 3.05) is 22.7 Å². The van der Waals surface area contributed by atoms with Gasteiger partial charge in [-0.25, -0.2) is 13.4 Å². The summed E-state index contributed by atoms with van der Waals surface area (Å²) in [7, 11) is -3.63. The summed E-state index contributed by atoms with van der Waals surface area (Å²) in [4.78, 5) is 6.96. The first kappa shape index (κ1) is 16.8. The molecule has 0 amide bonds. The van der Waals surface area contributed by atoms with Crippen molar-refractivity contribution in [2.24, 2.45) is 0 Å². The molecule has 2 aromatic rings. The first-order valence-electron chi connectivity index (χ1n) is 8.18. The lowest BCUT2D eigenvalue weighted by Gasteiger charge is -2.17. The quantitative estimate of drug-likeness (QED) is 0.922. The number of nitrogens with one attached hydrogen (secondary N) is 1. The van der Waals surface area contributed by atoms with E-state index in [9.17, 15) is 8.42 Å². The fraction of sp³-hybridized carbons (Fsp3) is 0.389. The van der Waals surface area contributed by atoms with Gasteiger partial charge in [0.15, 0.2) is 0 Å². The van der Waals surface area contributed by atoms with Gasteiger partial charge < -0.3 is 4.90 Å². The number of anilines is 2. The van der Waals surface area contributed by atoms with Crippen molar-refractivity contribution in [3.05, 3.63) is 47.2 Å². The second-order valence-electron chi connectivity index (χ2n) is 6.43. The fourth-order valence-corrected chi connectivity index (χ4v) is 4.88. The molecule has 1 fully saturated rings. The number of benzene rings is 1. The second kappa shape index (κ2) is 6.43. The van der Waals surface area contributed by atoms with Crippen LogP contribution in [0, 0.1) is 20.8 Å². The number of rotatable bonds is 4. The molecule has 5 nitrogen and oxygen atoms in total. The van der Waals surface area contributed by atoms with E-state index in [2.05, 4.69) is 14.6 Å². The van der Waals surface area contributed by atoms with E-state index in [0.717, 1.165) is 35.6 Å². The van der Waals surface area contributed by atoms with Crippen molar-refractivity contribution >= 4 is 21.5 Å². The topological polar surface area (TPSA) is 62.3 Å². The molecule has 24 heavy (non-hydrogen) atoms. The summed E-state index contributed by atoms with van der Waals surface area (Å²) < 4.78 is 28.1. The Bertz CT molecular complexity index is 816. The summed E-state index contributed by atoms with van der Waals surface area (Å²) in [5.74, 6) is 0.901. The van der Waals surface area contributed by atoms with Gasteiger partial charge in [-0.3, -0.25) is 4.72 Å². The van der Waals surface area contributed by atoms with Crippen LogP contribution in [0.15, 0.2) is 35.4 Å². The van der Waals surface area contributed by atoms with Gasteiger partial charge in [-0.05, 0) is 56.9 Å². The molecule has 0 radical (unpaired) electrons. The molecule has 0 spiro atoms. The summed E-state index contributed by atoms with van der Waals surface area (Å²) in [5, 5.41) is 0. The molecule has 0 aliphatic carbocycles. The molecule has 1 aliphatic rings. The van der Waals surface area contributed by atoms with E-state index in [0.29, 0.717) is 10.6 Å². The van der Waals surface area contributed by atoms with Crippen LogP contribution in [0.4, 0.5) is 11.5 Å². The Hall–Kier alpha value is -2.08. The number of aromatic nitrogens is 1. The summed E-state index contributed by atoms with van der Waals surface area (Å²) in [5.41, 5.74) is 3.04. The summed E-state index contributed by atoms with van der Waals surface area (Å²) in [6.45, 7) is 7.64. The van der Waals surface area contributed by atoms with E-state index in [4.69, 9.17) is 0 Å². The third kappa shape index (κ3) is 3.38. The van der Waals surface area contributed by atoms with Gasteiger partial charge in [0.2, 0.25) is 0 Å². The van der Waals surface area contributed by atoms with Crippen LogP contribution in [-0.4, -0.2) is 26.5 Å². The predicted molar refractivity (Wildman–Crippen MR) is 97.1 cm³/mol. The normalized spacial score (nSPS) is 14.9. The predicted octanol–water partition coefficient (Wildman–Crippen LogP) is 3.41. The average Bonchev–Trinajstić information content (AvgIpc) is 3.00. The van der Waals surface area contributed by atoms with Crippen molar-refractivity contribution < 1.29 is 8.42 Å². The number of hydrogen-bond donors (Lipinski definition) is 1. The van der Waals surface area contributed by atoms with Gasteiger partial charge in [0.25, 0.3) is 10.0 Å². The highest BCUT2D eigenvalue weighted by molar-refractivity contribution is 7.92. The van der Waals surface area contributed by atoms with Crippen molar-refractivity contribution in [3.63, 3.8) is 0 Å². The number of sulfonamides is 1. The van der Waals surface area contributed by atoms with Crippen molar-refractivity contribution in [1.82, 2.24) is 4.98 Å². The molecule has 0 unspecified atom stereocenters. The highest BCUT2D eigenvalue weighted by Crippen LogP contribution is 2.25. The van der Waals surface area contributed by atoms with Gasteiger partial charge in [0.1, 0.15) is 5.82 Å². The molecule has 1 N–H and O–H groups in total. The SMILES string of the molecule is Cc1cc(C)c(S(=O)(=O)Nc2ccc(N3CCCC3)nc2)c(C)c1. The van der Waals surface area contributed by atoms with E-state index < -0.39 is 10.0 Å². The van der Waals surface area contributed by atoms with Crippen LogP contribution in [0.25, 0.3) is 0 Å². The molecule has 0 bridgehead atoms. The summed E-state index contributed by atoms with van der Waals surface area (Å²) in [6.07, 6.45) is 3.95. The molecule has 3 rings (SSSR count). The standard InChI is InChI=1S/C18H23N3O2S/c1-13-10-14(2)18(15(3)11-13)24(22,23)20-16-6-7-17(19-12-16)21-8-4-5-9-21/h6-7,10-12,20H,4-5,8-9H2,1-3H3. The summed E-state index contributed by atoms with van der Waals surface area (Å²) in [6, 6.07) is 7.42. The fourth-order valence-electron chi connectivity index (χ4n) is 3.38. The second-order valence-corrected chi connectivity index (χ2v) is 8.05. The largest absolute Gasteiger partial charge is 0.357 e. The molecule has 1 aromatic carbocycles. The monoisotopic (exact) mass is 345 g/mol. The maximum Gasteiger partial charge on any atom is 0.262 e. The van der Waals surface area contributed by atoms with Gasteiger partial charge in [0.05, 0.1) is 16.8 Å². The first-order valence-corrected chi connectivity index (χ1v) is 9.67. The first-order chi connectivity index (χ1) is 11.4. The molecule has 2 heterocycles. The van der Waals surface area contributed by atoms with Gasteiger partial charge in [0, 0.05) is 13.1 Å². The van der Waals surface area contributed by atoms with Crippen molar-refractivity contribution in [3.8, 4) is 0 Å². The van der Waals surface area contributed by atoms with Crippen LogP contribution in [-0.2, 0) is 10.0 Å². The Morgan fingerprint density at radius 3 is 2.21 bits per heavy atom. The molecular weight excluding hydrogens is 322 g/mol. The molecule has 128 valence electrons. The van der Waals surface area contributed by atoms with Crippen molar-refractivity contribution in [1.29, 1.82) is 0 Å². The minimum Gasteiger partial charge on any atom is -0.357 e. The van der Waals surface area contributed by atoms with Crippen LogP contribution in [0.5, 0.6) is 0 Å². The number of hydrogen-bond acceptors (Lipinski definition) is 4. The summed E-state index contributed by atoms with van der Waals surface area (Å²) >= 11 is 0. The van der Waals surface area contributed by atoms with E-state index in [1.165, 1.54) is 12.8 Å². The Labute approximate surface area is 143 Å². The molecule has 6 heteroatoms. The van der Waals surface area contributed by atoms with Gasteiger partial charge in [-0.2, -0.15) is 0 Å². The lowest BCUT2D eigenvalue weighted by atomic mass is 10.1.